The second-order valence-electron chi connectivity index (χ2n) is 3.82. The number of nitriles is 1. The maximum Gasteiger partial charge on any atom is 0.0709 e. The standard InChI is InChI=1S/C11H19NO/c1-2-3-4-5-10-6-7-11(13-10)8-9-12/h10-11H,2-8H2,1H3. The maximum atomic E-state index is 8.50. The van der Waals surface area contributed by atoms with Crippen molar-refractivity contribution < 1.29 is 4.74 Å². The smallest absolute Gasteiger partial charge is 0.0709 e. The lowest BCUT2D eigenvalue weighted by Gasteiger charge is -2.10. The van der Waals surface area contributed by atoms with Crippen LogP contribution >= 0.6 is 0 Å². The van der Waals surface area contributed by atoms with Crippen LogP contribution in [0.5, 0.6) is 0 Å². The lowest BCUT2D eigenvalue weighted by atomic mass is 10.1. The van der Waals surface area contributed by atoms with Crippen molar-refractivity contribution in [1.82, 2.24) is 0 Å². The Bertz CT molecular complexity index is 173. The normalized spacial score (nSPS) is 27.4. The van der Waals surface area contributed by atoms with Crippen molar-refractivity contribution in [3.63, 3.8) is 0 Å². The van der Waals surface area contributed by atoms with Gasteiger partial charge in [-0.05, 0) is 19.3 Å². The van der Waals surface area contributed by atoms with E-state index in [0.29, 0.717) is 12.5 Å². The van der Waals surface area contributed by atoms with Gasteiger partial charge in [-0.3, -0.25) is 0 Å². The second-order valence-corrected chi connectivity index (χ2v) is 3.82. The van der Waals surface area contributed by atoms with Crippen molar-refractivity contribution in [2.75, 3.05) is 0 Å². The molecule has 2 nitrogen and oxygen atoms in total. The van der Waals surface area contributed by atoms with Crippen LogP contribution in [0, 0.1) is 11.3 Å². The first-order valence-corrected chi connectivity index (χ1v) is 5.39. The Morgan fingerprint density at radius 1 is 1.31 bits per heavy atom. The van der Waals surface area contributed by atoms with Crippen LogP contribution in [0.4, 0.5) is 0 Å². The van der Waals surface area contributed by atoms with Crippen LogP contribution in [0.3, 0.4) is 0 Å². The average Bonchev–Trinajstić information content (AvgIpc) is 2.54. The summed E-state index contributed by atoms with van der Waals surface area (Å²) < 4.78 is 5.73. The predicted molar refractivity (Wildman–Crippen MR) is 52.3 cm³/mol. The number of unbranched alkanes of at least 4 members (excludes halogenated alkanes) is 2. The van der Waals surface area contributed by atoms with E-state index in [2.05, 4.69) is 13.0 Å². The van der Waals surface area contributed by atoms with Crippen LogP contribution in [0.1, 0.15) is 51.9 Å². The number of hydrogen-bond acceptors (Lipinski definition) is 2. The van der Waals surface area contributed by atoms with Crippen LogP contribution in [-0.4, -0.2) is 12.2 Å². The molecule has 0 radical (unpaired) electrons. The van der Waals surface area contributed by atoms with E-state index in [1.165, 1.54) is 25.7 Å². The molecule has 74 valence electrons. The molecule has 0 aliphatic carbocycles. The molecular weight excluding hydrogens is 162 g/mol. The van der Waals surface area contributed by atoms with Crippen molar-refractivity contribution in [3.8, 4) is 6.07 Å². The van der Waals surface area contributed by atoms with Gasteiger partial charge in [-0.1, -0.05) is 26.2 Å². The van der Waals surface area contributed by atoms with Crippen LogP contribution in [0.25, 0.3) is 0 Å². The molecule has 0 aromatic heterocycles. The highest BCUT2D eigenvalue weighted by atomic mass is 16.5. The van der Waals surface area contributed by atoms with E-state index in [1.54, 1.807) is 0 Å². The highest BCUT2D eigenvalue weighted by Gasteiger charge is 2.23. The third kappa shape index (κ3) is 3.78. The van der Waals surface area contributed by atoms with Gasteiger partial charge in [-0.15, -0.1) is 0 Å². The number of ether oxygens (including phenoxy) is 1. The Morgan fingerprint density at radius 3 is 2.77 bits per heavy atom. The molecule has 1 heterocycles. The van der Waals surface area contributed by atoms with Gasteiger partial charge >= 0.3 is 0 Å². The van der Waals surface area contributed by atoms with Gasteiger partial charge in [0.1, 0.15) is 0 Å². The molecule has 1 aliphatic heterocycles. The molecule has 0 spiro atoms. The third-order valence-corrected chi connectivity index (χ3v) is 2.64. The van der Waals surface area contributed by atoms with Gasteiger partial charge in [0.05, 0.1) is 24.7 Å². The molecule has 0 amide bonds. The SMILES string of the molecule is CCCCCC1CCC(CC#N)O1. The number of hydrogen-bond donors (Lipinski definition) is 0. The van der Waals surface area contributed by atoms with E-state index in [0.717, 1.165) is 12.8 Å². The summed E-state index contributed by atoms with van der Waals surface area (Å²) in [6, 6.07) is 2.17. The molecule has 1 fully saturated rings. The van der Waals surface area contributed by atoms with Crippen LogP contribution in [0.2, 0.25) is 0 Å². The molecule has 0 aromatic carbocycles. The molecule has 1 aliphatic rings. The zero-order valence-electron chi connectivity index (χ0n) is 8.46. The van der Waals surface area contributed by atoms with Crippen LogP contribution in [0.15, 0.2) is 0 Å². The lowest BCUT2D eigenvalue weighted by Crippen LogP contribution is -2.10. The highest BCUT2D eigenvalue weighted by Crippen LogP contribution is 2.25. The fraction of sp³-hybridized carbons (Fsp3) is 0.909. The zero-order chi connectivity index (χ0) is 9.52. The van der Waals surface area contributed by atoms with Crippen molar-refractivity contribution in [2.45, 2.75) is 64.1 Å². The van der Waals surface area contributed by atoms with E-state index in [9.17, 15) is 0 Å². The van der Waals surface area contributed by atoms with E-state index in [-0.39, 0.29) is 6.10 Å². The summed E-state index contributed by atoms with van der Waals surface area (Å²) in [4.78, 5) is 0. The third-order valence-electron chi connectivity index (χ3n) is 2.64. The molecule has 1 rings (SSSR count). The molecule has 0 bridgehead atoms. The summed E-state index contributed by atoms with van der Waals surface area (Å²) in [6.45, 7) is 2.22. The van der Waals surface area contributed by atoms with Gasteiger partial charge < -0.3 is 4.74 Å². The maximum absolute atomic E-state index is 8.50. The largest absolute Gasteiger partial charge is 0.374 e. The quantitative estimate of drug-likeness (QED) is 0.611. The van der Waals surface area contributed by atoms with Crippen molar-refractivity contribution >= 4 is 0 Å². The molecule has 2 unspecified atom stereocenters. The minimum Gasteiger partial charge on any atom is -0.374 e. The summed E-state index contributed by atoms with van der Waals surface area (Å²) in [5.41, 5.74) is 0. The molecule has 1 saturated heterocycles. The fourth-order valence-electron chi connectivity index (χ4n) is 1.87. The Morgan fingerprint density at radius 2 is 2.08 bits per heavy atom. The molecule has 2 atom stereocenters. The van der Waals surface area contributed by atoms with E-state index < -0.39 is 0 Å². The Labute approximate surface area is 80.9 Å². The van der Waals surface area contributed by atoms with Gasteiger partial charge in [0.25, 0.3) is 0 Å². The summed E-state index contributed by atoms with van der Waals surface area (Å²) in [7, 11) is 0. The molecule has 0 N–H and O–H groups in total. The Kier molecular flexibility index (Phi) is 4.85. The van der Waals surface area contributed by atoms with E-state index >= 15 is 0 Å². The molecule has 0 aromatic rings. The lowest BCUT2D eigenvalue weighted by molar-refractivity contribution is 0.0420. The molecule has 13 heavy (non-hydrogen) atoms. The first kappa shape index (κ1) is 10.5. The predicted octanol–water partition coefficient (Wildman–Crippen LogP) is 3.03. The van der Waals surface area contributed by atoms with Gasteiger partial charge in [-0.25, -0.2) is 0 Å². The van der Waals surface area contributed by atoms with Crippen LogP contribution < -0.4 is 0 Å². The Hall–Kier alpha value is -0.550. The number of nitrogens with zero attached hydrogens (tertiary/aromatic N) is 1. The number of rotatable bonds is 5. The average molecular weight is 181 g/mol. The summed E-state index contributed by atoms with van der Waals surface area (Å²) in [5.74, 6) is 0. The van der Waals surface area contributed by atoms with Crippen molar-refractivity contribution in [2.24, 2.45) is 0 Å². The molecule has 2 heteroatoms. The first-order valence-electron chi connectivity index (χ1n) is 5.39. The van der Waals surface area contributed by atoms with E-state index in [4.69, 9.17) is 10.00 Å². The minimum atomic E-state index is 0.233. The second kappa shape index (κ2) is 5.99. The summed E-state index contributed by atoms with van der Waals surface area (Å²) >= 11 is 0. The minimum absolute atomic E-state index is 0.233. The van der Waals surface area contributed by atoms with Gasteiger partial charge in [0, 0.05) is 0 Å². The van der Waals surface area contributed by atoms with Crippen molar-refractivity contribution in [3.05, 3.63) is 0 Å². The van der Waals surface area contributed by atoms with Gasteiger partial charge in [-0.2, -0.15) is 5.26 Å². The monoisotopic (exact) mass is 181 g/mol. The zero-order valence-corrected chi connectivity index (χ0v) is 8.46. The molecular formula is C11H19NO. The summed E-state index contributed by atoms with van der Waals surface area (Å²) in [5, 5.41) is 8.50. The van der Waals surface area contributed by atoms with Crippen molar-refractivity contribution in [1.29, 1.82) is 5.26 Å². The topological polar surface area (TPSA) is 33.0 Å². The van der Waals surface area contributed by atoms with Gasteiger partial charge in [0.2, 0.25) is 0 Å². The first-order chi connectivity index (χ1) is 6.36. The summed E-state index contributed by atoms with van der Waals surface area (Å²) in [6.07, 6.45) is 8.56. The van der Waals surface area contributed by atoms with E-state index in [1.807, 2.05) is 0 Å². The highest BCUT2D eigenvalue weighted by molar-refractivity contribution is 4.82. The van der Waals surface area contributed by atoms with Gasteiger partial charge in [0.15, 0.2) is 0 Å². The Balaban J connectivity index is 2.07. The van der Waals surface area contributed by atoms with Crippen LogP contribution in [-0.2, 0) is 4.74 Å². The molecule has 0 saturated carbocycles. The fourth-order valence-corrected chi connectivity index (χ4v) is 1.87.